The first kappa shape index (κ1) is 17.7. The van der Waals surface area contributed by atoms with Gasteiger partial charge in [0.15, 0.2) is 0 Å². The van der Waals surface area contributed by atoms with Crippen LogP contribution >= 0.6 is 0 Å². The Bertz CT molecular complexity index is 1180. The van der Waals surface area contributed by atoms with Gasteiger partial charge in [-0.3, -0.25) is 0 Å². The van der Waals surface area contributed by atoms with Crippen molar-refractivity contribution in [3.8, 4) is 23.0 Å². The van der Waals surface area contributed by atoms with E-state index in [2.05, 4.69) is 11.3 Å². The largest absolute Gasteiger partial charge is 0.456 e. The quantitative estimate of drug-likeness (QED) is 0.462. The van der Waals surface area contributed by atoms with Crippen LogP contribution in [0.4, 0.5) is 0 Å². The number of ether oxygens (including phenoxy) is 4. The van der Waals surface area contributed by atoms with Gasteiger partial charge in [0.05, 0.1) is 5.56 Å². The predicted octanol–water partition coefficient (Wildman–Crippen LogP) is 4.72. The summed E-state index contributed by atoms with van der Waals surface area (Å²) in [4.78, 5) is 35.8. The van der Waals surface area contributed by atoms with Crippen molar-refractivity contribution in [1.29, 1.82) is 0 Å². The molecule has 3 aromatic rings. The Balaban J connectivity index is 1.45. The summed E-state index contributed by atoms with van der Waals surface area (Å²) in [5.41, 5.74) is 1.11. The number of benzene rings is 3. The van der Waals surface area contributed by atoms with Crippen molar-refractivity contribution in [3.63, 3.8) is 0 Å². The van der Waals surface area contributed by atoms with E-state index in [9.17, 15) is 14.4 Å². The minimum absolute atomic E-state index is 0.0796. The van der Waals surface area contributed by atoms with Crippen LogP contribution in [0.1, 0.15) is 36.6 Å². The van der Waals surface area contributed by atoms with Gasteiger partial charge >= 0.3 is 17.9 Å². The molecular weight excluding hydrogens is 388 g/mol. The maximum atomic E-state index is 12.1. The first-order valence-electron chi connectivity index (χ1n) is 8.91. The van der Waals surface area contributed by atoms with Gasteiger partial charge in [-0.05, 0) is 30.3 Å². The third-order valence-electron chi connectivity index (χ3n) is 4.64. The van der Waals surface area contributed by atoms with E-state index in [4.69, 9.17) is 14.2 Å². The van der Waals surface area contributed by atoms with Gasteiger partial charge < -0.3 is 18.9 Å². The van der Waals surface area contributed by atoms with Crippen molar-refractivity contribution in [1.82, 2.24) is 0 Å². The lowest BCUT2D eigenvalue weighted by Crippen LogP contribution is -1.99. The van der Waals surface area contributed by atoms with Gasteiger partial charge in [0.2, 0.25) is 0 Å². The lowest BCUT2D eigenvalue weighted by Gasteiger charge is -2.11. The fraction of sp³-hybridized carbons (Fsp3) is 0. The predicted molar refractivity (Wildman–Crippen MR) is 104 cm³/mol. The Morgan fingerprint density at radius 3 is 1.83 bits per heavy atom. The molecule has 3 aromatic carbocycles. The van der Waals surface area contributed by atoms with Crippen molar-refractivity contribution in [3.05, 3.63) is 89.5 Å². The summed E-state index contributed by atoms with van der Waals surface area (Å²) >= 11 is 0. The molecule has 0 saturated heterocycles. The number of carbonyl (C=O) groups is 3. The van der Waals surface area contributed by atoms with E-state index in [1.54, 1.807) is 54.6 Å². The molecule has 0 amide bonds. The molecule has 0 N–H and O–H groups in total. The number of carbonyl (C=O) groups excluding carboxylic acids is 3. The summed E-state index contributed by atoms with van der Waals surface area (Å²) < 4.78 is 21.4. The van der Waals surface area contributed by atoms with Crippen LogP contribution in [0.15, 0.2) is 67.2 Å². The Kier molecular flexibility index (Phi) is 3.89. The van der Waals surface area contributed by atoms with Gasteiger partial charge in [0.25, 0.3) is 0 Å². The molecule has 0 aromatic heterocycles. The van der Waals surface area contributed by atoms with Gasteiger partial charge in [-0.1, -0.05) is 30.8 Å². The monoisotopic (exact) mass is 400 g/mol. The molecule has 146 valence electrons. The molecule has 0 radical (unpaired) electrons. The molecule has 7 nitrogen and oxygen atoms in total. The van der Waals surface area contributed by atoms with Crippen LogP contribution in [-0.4, -0.2) is 17.9 Å². The van der Waals surface area contributed by atoms with Gasteiger partial charge in [0.1, 0.15) is 39.9 Å². The van der Waals surface area contributed by atoms with Crippen LogP contribution in [0.5, 0.6) is 23.0 Å². The maximum absolute atomic E-state index is 12.1. The van der Waals surface area contributed by atoms with Crippen LogP contribution in [0.25, 0.3) is 5.76 Å². The second-order valence-corrected chi connectivity index (χ2v) is 6.53. The van der Waals surface area contributed by atoms with Crippen molar-refractivity contribution in [2.45, 2.75) is 0 Å². The van der Waals surface area contributed by atoms with E-state index in [0.29, 0.717) is 28.4 Å². The smallest absolute Gasteiger partial charge is 0.350 e. The Labute approximate surface area is 170 Å². The number of cyclic esters (lactones) is 3. The lowest BCUT2D eigenvalue weighted by molar-refractivity contribution is 0.0442. The minimum atomic E-state index is -0.753. The molecule has 7 heteroatoms. The average Bonchev–Trinajstić information content (AvgIpc) is 3.19. The van der Waals surface area contributed by atoms with Gasteiger partial charge in [0, 0.05) is 11.6 Å². The topological polar surface area (TPSA) is 88.1 Å². The zero-order valence-electron chi connectivity index (χ0n) is 15.3. The SMILES string of the molecule is C=C1OC(=O)c2c(Oc3cccc(Oc4cccc5c4C(=O)OC5=O)c3)cccc21. The molecule has 0 fully saturated rings. The number of hydrogen-bond acceptors (Lipinski definition) is 7. The van der Waals surface area contributed by atoms with Gasteiger partial charge in [-0.25, -0.2) is 14.4 Å². The molecule has 0 saturated carbocycles. The van der Waals surface area contributed by atoms with Crippen molar-refractivity contribution in [2.24, 2.45) is 0 Å². The number of hydrogen-bond donors (Lipinski definition) is 0. The second-order valence-electron chi connectivity index (χ2n) is 6.53. The molecular formula is C23H12O7. The fourth-order valence-electron chi connectivity index (χ4n) is 3.32. The molecule has 0 unspecified atom stereocenters. The van der Waals surface area contributed by atoms with Crippen LogP contribution in [0, 0.1) is 0 Å². The molecule has 0 bridgehead atoms. The van der Waals surface area contributed by atoms with Crippen LogP contribution in [0.2, 0.25) is 0 Å². The Morgan fingerprint density at radius 2 is 1.17 bits per heavy atom. The third kappa shape index (κ3) is 2.80. The second kappa shape index (κ2) is 6.59. The van der Waals surface area contributed by atoms with Crippen molar-refractivity contribution >= 4 is 23.7 Å². The molecule has 5 rings (SSSR count). The van der Waals surface area contributed by atoms with Crippen LogP contribution in [-0.2, 0) is 9.47 Å². The van der Waals surface area contributed by atoms with E-state index in [1.807, 2.05) is 0 Å². The van der Waals surface area contributed by atoms with Gasteiger partial charge in [-0.2, -0.15) is 0 Å². The fourth-order valence-corrected chi connectivity index (χ4v) is 3.32. The highest BCUT2D eigenvalue weighted by molar-refractivity contribution is 6.16. The highest BCUT2D eigenvalue weighted by Gasteiger charge is 2.33. The molecule has 0 spiro atoms. The number of esters is 3. The summed E-state index contributed by atoms with van der Waals surface area (Å²) in [6.45, 7) is 3.71. The molecule has 0 aliphatic carbocycles. The Hall–Kier alpha value is -4.39. The zero-order valence-corrected chi connectivity index (χ0v) is 15.3. The summed E-state index contributed by atoms with van der Waals surface area (Å²) in [6.07, 6.45) is 0. The normalized spacial score (nSPS) is 14.1. The summed E-state index contributed by atoms with van der Waals surface area (Å²) in [5, 5.41) is 0. The summed E-state index contributed by atoms with van der Waals surface area (Å²) in [7, 11) is 0. The zero-order chi connectivity index (χ0) is 20.8. The molecule has 0 atom stereocenters. The van der Waals surface area contributed by atoms with E-state index in [-0.39, 0.29) is 22.6 Å². The Morgan fingerprint density at radius 1 is 0.633 bits per heavy atom. The minimum Gasteiger partial charge on any atom is -0.456 e. The van der Waals surface area contributed by atoms with Gasteiger partial charge in [-0.15, -0.1) is 0 Å². The number of rotatable bonds is 4. The maximum Gasteiger partial charge on any atom is 0.350 e. The molecule has 30 heavy (non-hydrogen) atoms. The van der Waals surface area contributed by atoms with E-state index in [0.717, 1.165) is 0 Å². The highest BCUT2D eigenvalue weighted by atomic mass is 16.6. The van der Waals surface area contributed by atoms with Crippen molar-refractivity contribution in [2.75, 3.05) is 0 Å². The highest BCUT2D eigenvalue weighted by Crippen LogP contribution is 2.38. The summed E-state index contributed by atoms with van der Waals surface area (Å²) in [6, 6.07) is 16.4. The van der Waals surface area contributed by atoms with Crippen LogP contribution < -0.4 is 9.47 Å². The van der Waals surface area contributed by atoms with E-state index in [1.165, 1.54) is 6.07 Å². The summed E-state index contributed by atoms with van der Waals surface area (Å²) in [5.74, 6) is -0.424. The van der Waals surface area contributed by atoms with Crippen LogP contribution in [0.3, 0.4) is 0 Å². The molecule has 2 aliphatic heterocycles. The molecule has 2 heterocycles. The number of fused-ring (bicyclic) bond motifs is 2. The lowest BCUT2D eigenvalue weighted by atomic mass is 10.1. The van der Waals surface area contributed by atoms with E-state index < -0.39 is 17.9 Å². The van der Waals surface area contributed by atoms with E-state index >= 15 is 0 Å². The van der Waals surface area contributed by atoms with Crippen molar-refractivity contribution < 1.29 is 33.3 Å². The molecule has 2 aliphatic rings. The standard InChI is InChI=1S/C23H12O7/c1-12-15-7-3-9-17(19(15)22(25)27-12)28-13-5-2-6-14(11-13)29-18-10-4-8-16-20(18)23(26)30-21(16)24/h2-11H,1H2. The average molecular weight is 400 g/mol. The first-order valence-corrected chi connectivity index (χ1v) is 8.91. The third-order valence-corrected chi connectivity index (χ3v) is 4.64. The first-order chi connectivity index (χ1) is 14.5.